The van der Waals surface area contributed by atoms with Crippen molar-refractivity contribution in [2.75, 3.05) is 5.73 Å². The number of nitrogens with one attached hydrogen (secondary N) is 1. The maximum Gasteiger partial charge on any atom is 0.271 e. The van der Waals surface area contributed by atoms with Gasteiger partial charge in [-0.2, -0.15) is 5.10 Å². The summed E-state index contributed by atoms with van der Waals surface area (Å²) in [4.78, 5) is 12.1. The van der Waals surface area contributed by atoms with Gasteiger partial charge in [0.05, 0.1) is 11.4 Å². The summed E-state index contributed by atoms with van der Waals surface area (Å²) in [5.74, 6) is -0.207. The number of aromatic nitrogens is 2. The van der Waals surface area contributed by atoms with Gasteiger partial charge in [-0.1, -0.05) is 29.8 Å². The molecule has 0 aliphatic carbocycles. The number of benzene rings is 1. The van der Waals surface area contributed by atoms with E-state index < -0.39 is 0 Å². The molecule has 2 rings (SSSR count). The molecule has 1 aromatic carbocycles. The zero-order valence-corrected chi connectivity index (χ0v) is 11.4. The SMILES string of the molecule is Cc1ccc(CNC(=O)c2c(N)c(C)nn2C)cc1. The Morgan fingerprint density at radius 3 is 2.47 bits per heavy atom. The maximum absolute atomic E-state index is 12.1. The van der Waals surface area contributed by atoms with Crippen LogP contribution in [0.1, 0.15) is 27.3 Å². The van der Waals surface area contributed by atoms with Crippen molar-refractivity contribution in [3.05, 3.63) is 46.8 Å². The number of hydrogen-bond acceptors (Lipinski definition) is 3. The predicted molar refractivity (Wildman–Crippen MR) is 74.7 cm³/mol. The second-order valence-electron chi connectivity index (χ2n) is 4.64. The van der Waals surface area contributed by atoms with Gasteiger partial charge in [-0.15, -0.1) is 0 Å². The fourth-order valence-electron chi connectivity index (χ4n) is 1.92. The first-order valence-electron chi connectivity index (χ1n) is 6.12. The molecule has 5 heteroatoms. The molecule has 1 heterocycles. The Hall–Kier alpha value is -2.30. The largest absolute Gasteiger partial charge is 0.395 e. The van der Waals surface area contributed by atoms with E-state index in [2.05, 4.69) is 10.4 Å². The maximum atomic E-state index is 12.1. The summed E-state index contributed by atoms with van der Waals surface area (Å²) in [7, 11) is 1.71. The molecule has 0 spiro atoms. The number of aryl methyl sites for hydroxylation is 3. The third kappa shape index (κ3) is 2.76. The van der Waals surface area contributed by atoms with Crippen LogP contribution in [0.15, 0.2) is 24.3 Å². The lowest BCUT2D eigenvalue weighted by atomic mass is 10.1. The van der Waals surface area contributed by atoms with Gasteiger partial charge in [-0.05, 0) is 19.4 Å². The van der Waals surface area contributed by atoms with Crippen LogP contribution in [-0.2, 0) is 13.6 Å². The van der Waals surface area contributed by atoms with E-state index in [1.54, 1.807) is 14.0 Å². The third-order valence-electron chi connectivity index (χ3n) is 3.06. The van der Waals surface area contributed by atoms with Crippen molar-refractivity contribution in [2.24, 2.45) is 7.05 Å². The summed E-state index contributed by atoms with van der Waals surface area (Å²) >= 11 is 0. The zero-order valence-electron chi connectivity index (χ0n) is 11.4. The molecular formula is C14H18N4O. The number of nitrogen functional groups attached to an aromatic ring is 1. The van der Waals surface area contributed by atoms with E-state index in [4.69, 9.17) is 5.73 Å². The second kappa shape index (κ2) is 5.14. The van der Waals surface area contributed by atoms with E-state index in [-0.39, 0.29) is 5.91 Å². The number of nitrogens with two attached hydrogens (primary N) is 1. The molecule has 0 unspecified atom stereocenters. The zero-order chi connectivity index (χ0) is 14.0. The lowest BCUT2D eigenvalue weighted by Gasteiger charge is -2.06. The van der Waals surface area contributed by atoms with Crippen LogP contribution in [-0.4, -0.2) is 15.7 Å². The molecule has 100 valence electrons. The number of rotatable bonds is 3. The minimum absolute atomic E-state index is 0.207. The van der Waals surface area contributed by atoms with Gasteiger partial charge in [0.25, 0.3) is 5.91 Å². The van der Waals surface area contributed by atoms with Gasteiger partial charge in [-0.3, -0.25) is 9.48 Å². The monoisotopic (exact) mass is 258 g/mol. The fraction of sp³-hybridized carbons (Fsp3) is 0.286. The lowest BCUT2D eigenvalue weighted by molar-refractivity contribution is 0.0942. The average Bonchev–Trinajstić information content (AvgIpc) is 2.62. The van der Waals surface area contributed by atoms with Crippen molar-refractivity contribution in [3.8, 4) is 0 Å². The number of anilines is 1. The molecule has 19 heavy (non-hydrogen) atoms. The first-order valence-corrected chi connectivity index (χ1v) is 6.12. The van der Waals surface area contributed by atoms with E-state index in [0.29, 0.717) is 23.6 Å². The molecule has 0 aliphatic heterocycles. The average molecular weight is 258 g/mol. The molecular weight excluding hydrogens is 240 g/mol. The summed E-state index contributed by atoms with van der Waals surface area (Å²) in [6.45, 7) is 4.29. The van der Waals surface area contributed by atoms with Crippen molar-refractivity contribution < 1.29 is 4.79 Å². The summed E-state index contributed by atoms with van der Waals surface area (Å²) in [5, 5.41) is 6.98. The number of nitrogens with zero attached hydrogens (tertiary/aromatic N) is 2. The topological polar surface area (TPSA) is 72.9 Å². The molecule has 1 aromatic heterocycles. The summed E-state index contributed by atoms with van der Waals surface area (Å²) in [6, 6.07) is 8.02. The lowest BCUT2D eigenvalue weighted by Crippen LogP contribution is -2.26. The minimum Gasteiger partial charge on any atom is -0.395 e. The number of amides is 1. The Balaban J connectivity index is 2.07. The summed E-state index contributed by atoms with van der Waals surface area (Å²) in [6.07, 6.45) is 0. The molecule has 0 saturated carbocycles. The standard InChI is InChI=1S/C14H18N4O/c1-9-4-6-11(7-5-9)8-16-14(19)13-12(15)10(2)17-18(13)3/h4-7H,8,15H2,1-3H3,(H,16,19). The fourth-order valence-corrected chi connectivity index (χ4v) is 1.92. The molecule has 0 fully saturated rings. The molecule has 3 N–H and O–H groups in total. The second-order valence-corrected chi connectivity index (χ2v) is 4.64. The number of hydrogen-bond donors (Lipinski definition) is 2. The molecule has 0 atom stereocenters. The van der Waals surface area contributed by atoms with Crippen molar-refractivity contribution in [1.29, 1.82) is 0 Å². The molecule has 2 aromatic rings. The molecule has 0 saturated heterocycles. The third-order valence-corrected chi connectivity index (χ3v) is 3.06. The predicted octanol–water partition coefficient (Wildman–Crippen LogP) is 1.55. The normalized spacial score (nSPS) is 10.5. The minimum atomic E-state index is -0.207. The van der Waals surface area contributed by atoms with Crippen LogP contribution in [0, 0.1) is 13.8 Å². The Morgan fingerprint density at radius 2 is 1.95 bits per heavy atom. The first kappa shape index (κ1) is 13.1. The van der Waals surface area contributed by atoms with Crippen LogP contribution in [0.4, 0.5) is 5.69 Å². The Morgan fingerprint density at radius 1 is 1.32 bits per heavy atom. The molecule has 1 amide bonds. The van der Waals surface area contributed by atoms with Crippen LogP contribution in [0.5, 0.6) is 0 Å². The summed E-state index contributed by atoms with van der Waals surface area (Å²) < 4.78 is 1.51. The van der Waals surface area contributed by atoms with E-state index in [9.17, 15) is 4.79 Å². The van der Waals surface area contributed by atoms with Crippen molar-refractivity contribution >= 4 is 11.6 Å². The Kier molecular flexibility index (Phi) is 3.55. The first-order chi connectivity index (χ1) is 8.99. The molecule has 0 radical (unpaired) electrons. The van der Waals surface area contributed by atoms with Crippen LogP contribution in [0.25, 0.3) is 0 Å². The van der Waals surface area contributed by atoms with Gasteiger partial charge >= 0.3 is 0 Å². The van der Waals surface area contributed by atoms with Gasteiger partial charge in [0.2, 0.25) is 0 Å². The van der Waals surface area contributed by atoms with Gasteiger partial charge in [0.15, 0.2) is 0 Å². The van der Waals surface area contributed by atoms with Crippen molar-refractivity contribution in [1.82, 2.24) is 15.1 Å². The van der Waals surface area contributed by atoms with Crippen molar-refractivity contribution in [3.63, 3.8) is 0 Å². The van der Waals surface area contributed by atoms with E-state index in [1.807, 2.05) is 31.2 Å². The Bertz CT molecular complexity index is 599. The highest BCUT2D eigenvalue weighted by Crippen LogP contribution is 2.15. The van der Waals surface area contributed by atoms with Gasteiger partial charge < -0.3 is 11.1 Å². The highest BCUT2D eigenvalue weighted by atomic mass is 16.2. The van der Waals surface area contributed by atoms with Gasteiger partial charge in [0.1, 0.15) is 5.69 Å². The molecule has 5 nitrogen and oxygen atoms in total. The highest BCUT2D eigenvalue weighted by Gasteiger charge is 2.17. The van der Waals surface area contributed by atoms with Crippen LogP contribution < -0.4 is 11.1 Å². The van der Waals surface area contributed by atoms with E-state index in [0.717, 1.165) is 5.56 Å². The van der Waals surface area contributed by atoms with Gasteiger partial charge in [0, 0.05) is 13.6 Å². The number of carbonyl (C=O) groups excluding carboxylic acids is 1. The van der Waals surface area contributed by atoms with Crippen LogP contribution >= 0.6 is 0 Å². The van der Waals surface area contributed by atoms with Crippen LogP contribution in [0.3, 0.4) is 0 Å². The Labute approximate surface area is 112 Å². The van der Waals surface area contributed by atoms with E-state index >= 15 is 0 Å². The van der Waals surface area contributed by atoms with Crippen molar-refractivity contribution in [2.45, 2.75) is 20.4 Å². The van der Waals surface area contributed by atoms with Gasteiger partial charge in [-0.25, -0.2) is 0 Å². The molecule has 0 aliphatic rings. The molecule has 0 bridgehead atoms. The summed E-state index contributed by atoms with van der Waals surface area (Å²) in [5.41, 5.74) is 9.61. The smallest absolute Gasteiger partial charge is 0.271 e. The number of carbonyl (C=O) groups is 1. The highest BCUT2D eigenvalue weighted by molar-refractivity contribution is 5.97. The van der Waals surface area contributed by atoms with E-state index in [1.165, 1.54) is 10.2 Å². The van der Waals surface area contributed by atoms with Crippen LogP contribution in [0.2, 0.25) is 0 Å². The quantitative estimate of drug-likeness (QED) is 0.877.